The molecule has 10 nitrogen and oxygen atoms in total. The molecule has 0 saturated carbocycles. The van der Waals surface area contributed by atoms with Crippen molar-refractivity contribution in [2.24, 2.45) is 16.5 Å². The largest absolute Gasteiger partial charge is 0.351 e. The summed E-state index contributed by atoms with van der Waals surface area (Å²) < 4.78 is 0. The highest BCUT2D eigenvalue weighted by molar-refractivity contribution is 6.07. The van der Waals surface area contributed by atoms with Crippen molar-refractivity contribution in [1.82, 2.24) is 15.5 Å². The summed E-state index contributed by atoms with van der Waals surface area (Å²) in [6, 6.07) is -0.0985. The minimum atomic E-state index is -0.842. The van der Waals surface area contributed by atoms with Crippen molar-refractivity contribution in [3.05, 3.63) is 0 Å². The molecule has 1 aliphatic heterocycles. The number of nitrogens with two attached hydrogens (primary N) is 2. The van der Waals surface area contributed by atoms with Crippen LogP contribution in [-0.2, 0) is 9.59 Å². The molecule has 1 heterocycles. The Balaban J connectivity index is 2.58. The fourth-order valence-corrected chi connectivity index (χ4v) is 1.88. The molecule has 1 aliphatic rings. The number of aliphatic imine (C=N–C) groups is 1. The highest BCUT2D eigenvalue weighted by Crippen LogP contribution is 2.07. The first-order chi connectivity index (χ1) is 10.3. The van der Waals surface area contributed by atoms with Gasteiger partial charge in [-0.1, -0.05) is 0 Å². The van der Waals surface area contributed by atoms with Gasteiger partial charge in [-0.05, 0) is 6.42 Å². The second kappa shape index (κ2) is 7.94. The van der Waals surface area contributed by atoms with E-state index in [-0.39, 0.29) is 31.3 Å². The Labute approximate surface area is 127 Å². The molecule has 1 rings (SSSR count). The van der Waals surface area contributed by atoms with Crippen molar-refractivity contribution in [2.45, 2.75) is 31.3 Å². The minimum Gasteiger partial charge on any atom is -0.351 e. The number of nitriles is 1. The summed E-state index contributed by atoms with van der Waals surface area (Å²) in [6.07, 6.45) is 0.727. The molecule has 0 aromatic rings. The zero-order chi connectivity index (χ0) is 16.7. The SMILES string of the molecule is CN(C(=O)CC(N)CCC#N)C1CN=C(NC(N)=O)NC1=O. The van der Waals surface area contributed by atoms with Crippen LogP contribution >= 0.6 is 0 Å². The van der Waals surface area contributed by atoms with E-state index >= 15 is 0 Å². The quantitative estimate of drug-likeness (QED) is 0.459. The Morgan fingerprint density at radius 2 is 2.32 bits per heavy atom. The first-order valence-electron chi connectivity index (χ1n) is 6.65. The maximum absolute atomic E-state index is 12.1. The number of hydrogen-bond acceptors (Lipinski definition) is 6. The van der Waals surface area contributed by atoms with Crippen molar-refractivity contribution in [3.8, 4) is 6.07 Å². The monoisotopic (exact) mass is 309 g/mol. The van der Waals surface area contributed by atoms with E-state index < -0.39 is 24.0 Å². The van der Waals surface area contributed by atoms with Gasteiger partial charge in [0.15, 0.2) is 0 Å². The lowest BCUT2D eigenvalue weighted by atomic mass is 10.1. The molecule has 0 aromatic carbocycles. The highest BCUT2D eigenvalue weighted by atomic mass is 16.2. The highest BCUT2D eigenvalue weighted by Gasteiger charge is 2.31. The third-order valence-electron chi connectivity index (χ3n) is 3.13. The van der Waals surface area contributed by atoms with Gasteiger partial charge in [0.1, 0.15) is 6.04 Å². The Kier molecular flexibility index (Phi) is 6.27. The third-order valence-corrected chi connectivity index (χ3v) is 3.13. The fourth-order valence-electron chi connectivity index (χ4n) is 1.88. The van der Waals surface area contributed by atoms with E-state index in [1.165, 1.54) is 11.9 Å². The number of nitrogens with one attached hydrogen (secondary N) is 2. The number of amides is 4. The van der Waals surface area contributed by atoms with Gasteiger partial charge in [-0.3, -0.25) is 20.2 Å². The number of primary amides is 1. The van der Waals surface area contributed by atoms with Crippen molar-refractivity contribution in [3.63, 3.8) is 0 Å². The third kappa shape index (κ3) is 5.02. The average Bonchev–Trinajstić information content (AvgIpc) is 2.43. The number of hydrogen-bond donors (Lipinski definition) is 4. The minimum absolute atomic E-state index is 0.0110. The lowest BCUT2D eigenvalue weighted by Gasteiger charge is -2.29. The summed E-state index contributed by atoms with van der Waals surface area (Å²) in [5.41, 5.74) is 10.7. The van der Waals surface area contributed by atoms with Crippen LogP contribution in [0.1, 0.15) is 19.3 Å². The first-order valence-corrected chi connectivity index (χ1v) is 6.65. The number of likely N-dealkylation sites (N-methyl/N-ethyl adjacent to an activating group) is 1. The lowest BCUT2D eigenvalue weighted by molar-refractivity contribution is -0.138. The Morgan fingerprint density at radius 1 is 1.64 bits per heavy atom. The Morgan fingerprint density at radius 3 is 2.86 bits per heavy atom. The van der Waals surface area contributed by atoms with E-state index in [9.17, 15) is 14.4 Å². The van der Waals surface area contributed by atoms with E-state index in [0.29, 0.717) is 6.42 Å². The van der Waals surface area contributed by atoms with E-state index in [0.717, 1.165) is 0 Å². The predicted octanol–water partition coefficient (Wildman–Crippen LogP) is -2.01. The topological polar surface area (TPSA) is 167 Å². The molecule has 0 aromatic heterocycles. The van der Waals surface area contributed by atoms with E-state index in [2.05, 4.69) is 15.6 Å². The average molecular weight is 309 g/mol. The van der Waals surface area contributed by atoms with Crippen molar-refractivity contribution >= 4 is 23.8 Å². The molecule has 0 aliphatic carbocycles. The van der Waals surface area contributed by atoms with Crippen molar-refractivity contribution in [2.75, 3.05) is 13.6 Å². The van der Waals surface area contributed by atoms with Crippen LogP contribution in [0.25, 0.3) is 0 Å². The van der Waals surface area contributed by atoms with Crippen LogP contribution in [0.15, 0.2) is 4.99 Å². The van der Waals surface area contributed by atoms with Gasteiger partial charge >= 0.3 is 6.03 Å². The molecular weight excluding hydrogens is 290 g/mol. The molecule has 120 valence electrons. The summed E-state index contributed by atoms with van der Waals surface area (Å²) in [7, 11) is 1.48. The molecule has 22 heavy (non-hydrogen) atoms. The standard InChI is InChI=1S/C12H19N7O3/c1-19(9(20)5-7(14)3-2-4-13)8-6-16-12(17-10(8)21)18-11(15)22/h7-8H,2-3,5-6,14H2,1H3,(H4,15,16,17,18,21,22). The van der Waals surface area contributed by atoms with Gasteiger partial charge in [0.05, 0.1) is 12.6 Å². The molecule has 6 N–H and O–H groups in total. The predicted molar refractivity (Wildman–Crippen MR) is 77.2 cm³/mol. The van der Waals surface area contributed by atoms with E-state index in [4.69, 9.17) is 16.7 Å². The molecule has 0 bridgehead atoms. The normalized spacial score (nSPS) is 18.5. The van der Waals surface area contributed by atoms with Crippen molar-refractivity contribution in [1.29, 1.82) is 5.26 Å². The fraction of sp³-hybridized carbons (Fsp3) is 0.583. The number of carbonyl (C=O) groups excluding carboxylic acids is 3. The van der Waals surface area contributed by atoms with Gasteiger partial charge in [0.2, 0.25) is 11.9 Å². The molecule has 0 fully saturated rings. The molecular formula is C12H19N7O3. The van der Waals surface area contributed by atoms with Gasteiger partial charge in [-0.2, -0.15) is 5.26 Å². The summed E-state index contributed by atoms with van der Waals surface area (Å²) in [6.45, 7) is 0.0110. The van der Waals surface area contributed by atoms with Gasteiger partial charge in [-0.25, -0.2) is 9.79 Å². The molecule has 2 atom stereocenters. The summed E-state index contributed by atoms with van der Waals surface area (Å²) in [5.74, 6) is -0.826. The molecule has 0 radical (unpaired) electrons. The maximum atomic E-state index is 12.1. The van der Waals surface area contributed by atoms with Crippen molar-refractivity contribution < 1.29 is 14.4 Å². The smallest absolute Gasteiger partial charge is 0.318 e. The molecule has 10 heteroatoms. The zero-order valence-electron chi connectivity index (χ0n) is 12.2. The molecule has 0 spiro atoms. The number of nitrogens with zero attached hydrogens (tertiary/aromatic N) is 3. The molecule has 4 amide bonds. The first kappa shape index (κ1) is 17.4. The molecule has 2 unspecified atom stereocenters. The van der Waals surface area contributed by atoms with Crippen LogP contribution in [0.5, 0.6) is 0 Å². The van der Waals surface area contributed by atoms with Crippen LogP contribution in [0.3, 0.4) is 0 Å². The number of urea groups is 1. The van der Waals surface area contributed by atoms with Crippen LogP contribution in [0.2, 0.25) is 0 Å². The van der Waals surface area contributed by atoms with Crippen LogP contribution in [0, 0.1) is 11.3 Å². The van der Waals surface area contributed by atoms with Crippen LogP contribution < -0.4 is 22.1 Å². The lowest BCUT2D eigenvalue weighted by Crippen LogP contribution is -2.58. The number of rotatable bonds is 5. The van der Waals surface area contributed by atoms with Gasteiger partial charge < -0.3 is 16.4 Å². The summed E-state index contributed by atoms with van der Waals surface area (Å²) >= 11 is 0. The summed E-state index contributed by atoms with van der Waals surface area (Å²) in [5, 5.41) is 13.0. The maximum Gasteiger partial charge on any atom is 0.318 e. The van der Waals surface area contributed by atoms with Crippen LogP contribution in [0.4, 0.5) is 4.79 Å². The Bertz CT molecular complexity index is 525. The summed E-state index contributed by atoms with van der Waals surface area (Å²) in [4.78, 5) is 39.9. The molecule has 0 saturated heterocycles. The van der Waals surface area contributed by atoms with E-state index in [1.807, 2.05) is 6.07 Å². The number of carbonyl (C=O) groups is 3. The van der Waals surface area contributed by atoms with Gasteiger partial charge in [-0.15, -0.1) is 0 Å². The van der Waals surface area contributed by atoms with Gasteiger partial charge in [0, 0.05) is 25.9 Å². The van der Waals surface area contributed by atoms with Gasteiger partial charge in [0.25, 0.3) is 5.91 Å². The second-order valence-electron chi connectivity index (χ2n) is 4.85. The Hall–Kier alpha value is -2.67. The van der Waals surface area contributed by atoms with E-state index in [1.54, 1.807) is 0 Å². The number of guanidine groups is 1. The zero-order valence-corrected chi connectivity index (χ0v) is 12.2. The second-order valence-corrected chi connectivity index (χ2v) is 4.85. The van der Waals surface area contributed by atoms with Crippen LogP contribution in [-0.4, -0.2) is 54.4 Å².